The molecule has 0 spiro atoms. The molecule has 14 heteroatoms. The van der Waals surface area contributed by atoms with Crippen LogP contribution in [0.15, 0.2) is 70.0 Å². The number of aromatic nitrogens is 1. The summed E-state index contributed by atoms with van der Waals surface area (Å²) in [6.45, 7) is 9.10. The molecule has 2 aliphatic rings. The van der Waals surface area contributed by atoms with Gasteiger partial charge < -0.3 is 20.2 Å². The summed E-state index contributed by atoms with van der Waals surface area (Å²) >= 11 is 1.58. The van der Waals surface area contributed by atoms with Crippen molar-refractivity contribution in [3.63, 3.8) is 0 Å². The summed E-state index contributed by atoms with van der Waals surface area (Å²) in [5.74, 6) is -0.183. The number of amides is 3. The van der Waals surface area contributed by atoms with Crippen LogP contribution < -0.4 is 5.32 Å². The van der Waals surface area contributed by atoms with Gasteiger partial charge in [-0.05, 0) is 54.4 Å². The third-order valence-corrected chi connectivity index (χ3v) is 13.0. The maximum Gasteiger partial charge on any atom is 0.321 e. The predicted octanol–water partition coefficient (Wildman–Crippen LogP) is 5.76. The van der Waals surface area contributed by atoms with Crippen molar-refractivity contribution in [3.05, 3.63) is 86.7 Å². The Balaban J connectivity index is 1.36. The van der Waals surface area contributed by atoms with Crippen molar-refractivity contribution in [1.82, 2.24) is 24.4 Å². The highest BCUT2D eigenvalue weighted by Crippen LogP contribution is 2.29. The normalized spacial score (nSPS) is 17.3. The summed E-state index contributed by atoms with van der Waals surface area (Å²) in [6.07, 6.45) is 2.83. The molecule has 0 bridgehead atoms. The maximum absolute atomic E-state index is 14.2. The van der Waals surface area contributed by atoms with Gasteiger partial charge in [-0.1, -0.05) is 88.2 Å². The fraction of sp³-hybridized carbons (Fsp3) is 0.553. The molecule has 2 fully saturated rings. The van der Waals surface area contributed by atoms with Gasteiger partial charge in [-0.3, -0.25) is 4.79 Å². The Bertz CT molecular complexity index is 1740. The molecule has 0 radical (unpaired) electrons. The fourth-order valence-corrected chi connectivity index (χ4v) is 9.52. The van der Waals surface area contributed by atoms with E-state index in [4.69, 9.17) is 0 Å². The van der Waals surface area contributed by atoms with E-state index in [1.807, 2.05) is 49.6 Å². The average molecular weight is 753 g/mol. The Morgan fingerprint density at radius 1 is 1.04 bits per heavy atom. The zero-order valence-corrected chi connectivity index (χ0v) is 32.2. The van der Waals surface area contributed by atoms with E-state index < -0.39 is 34.1 Å². The van der Waals surface area contributed by atoms with Crippen molar-refractivity contribution in [2.75, 3.05) is 26.2 Å². The van der Waals surface area contributed by atoms with Crippen molar-refractivity contribution in [2.45, 2.75) is 102 Å². The smallest absolute Gasteiger partial charge is 0.321 e. The number of aliphatic hydroxyl groups excluding tert-OH is 1. The SMILES string of the molecule is CC(C)c1nc(CN2CCN([C@H](C(=O)N[C@@H](Cc3ccccc3)[C@H](O)CN(CC3CCCC3)S(=O)(=O)c3ccc(CN=O)cc3)C(C)C)C2=O)cs1. The molecule has 1 saturated heterocycles. The summed E-state index contributed by atoms with van der Waals surface area (Å²) in [4.78, 5) is 46.8. The molecule has 3 amide bonds. The van der Waals surface area contributed by atoms with Crippen LogP contribution in [0.5, 0.6) is 0 Å². The number of thiazole rings is 1. The number of rotatable bonds is 18. The third-order valence-electron chi connectivity index (χ3n) is 10.0. The lowest BCUT2D eigenvalue weighted by Crippen LogP contribution is -2.57. The molecule has 3 aromatic rings. The lowest BCUT2D eigenvalue weighted by molar-refractivity contribution is -0.128. The van der Waals surface area contributed by atoms with E-state index in [2.05, 4.69) is 29.3 Å². The largest absolute Gasteiger partial charge is 0.390 e. The molecule has 5 rings (SSSR count). The molecular formula is C38H52N6O6S2. The van der Waals surface area contributed by atoms with Gasteiger partial charge in [-0.15, -0.1) is 11.3 Å². The second kappa shape index (κ2) is 17.9. The Morgan fingerprint density at radius 2 is 1.73 bits per heavy atom. The van der Waals surface area contributed by atoms with E-state index in [1.54, 1.807) is 33.3 Å². The van der Waals surface area contributed by atoms with Crippen LogP contribution in [0.1, 0.15) is 81.1 Å². The van der Waals surface area contributed by atoms with Crippen molar-refractivity contribution in [2.24, 2.45) is 17.0 Å². The van der Waals surface area contributed by atoms with E-state index in [0.717, 1.165) is 41.9 Å². The highest BCUT2D eigenvalue weighted by atomic mass is 32.2. The monoisotopic (exact) mass is 752 g/mol. The van der Waals surface area contributed by atoms with E-state index in [0.29, 0.717) is 31.1 Å². The first kappa shape index (κ1) is 39.5. The first-order valence-electron chi connectivity index (χ1n) is 18.3. The molecule has 2 N–H and O–H groups in total. The van der Waals surface area contributed by atoms with Gasteiger partial charge in [0, 0.05) is 37.5 Å². The van der Waals surface area contributed by atoms with E-state index >= 15 is 0 Å². The second-order valence-electron chi connectivity index (χ2n) is 14.7. The first-order chi connectivity index (χ1) is 24.9. The van der Waals surface area contributed by atoms with Crippen LogP contribution in [0.25, 0.3) is 0 Å². The number of sulfonamides is 1. The quantitative estimate of drug-likeness (QED) is 0.157. The molecule has 12 nitrogen and oxygen atoms in total. The van der Waals surface area contributed by atoms with Crippen LogP contribution in [0.4, 0.5) is 4.79 Å². The number of nitrogens with zero attached hydrogens (tertiary/aromatic N) is 5. The van der Waals surface area contributed by atoms with Gasteiger partial charge in [-0.25, -0.2) is 18.2 Å². The van der Waals surface area contributed by atoms with Gasteiger partial charge in [0.05, 0.1) is 34.3 Å². The Morgan fingerprint density at radius 3 is 2.35 bits per heavy atom. The number of hydrogen-bond acceptors (Lipinski definition) is 9. The fourth-order valence-electron chi connectivity index (χ4n) is 7.16. The highest BCUT2D eigenvalue weighted by Gasteiger charge is 2.41. The predicted molar refractivity (Wildman–Crippen MR) is 202 cm³/mol. The van der Waals surface area contributed by atoms with Crippen LogP contribution >= 0.6 is 11.3 Å². The van der Waals surface area contributed by atoms with Gasteiger partial charge in [0.15, 0.2) is 0 Å². The number of benzene rings is 2. The van der Waals surface area contributed by atoms with E-state index in [-0.39, 0.29) is 48.8 Å². The number of hydrogen-bond donors (Lipinski definition) is 2. The lowest BCUT2D eigenvalue weighted by atomic mass is 9.97. The summed E-state index contributed by atoms with van der Waals surface area (Å²) in [6, 6.07) is 13.6. The van der Waals surface area contributed by atoms with Crippen LogP contribution in [-0.4, -0.2) is 88.9 Å². The van der Waals surface area contributed by atoms with E-state index in [1.165, 1.54) is 16.4 Å². The van der Waals surface area contributed by atoms with Crippen LogP contribution in [0.3, 0.4) is 0 Å². The topological polar surface area (TPSA) is 153 Å². The van der Waals surface area contributed by atoms with Gasteiger partial charge in [0.1, 0.15) is 12.6 Å². The van der Waals surface area contributed by atoms with Crippen molar-refractivity contribution in [1.29, 1.82) is 0 Å². The number of urea groups is 1. The van der Waals surface area contributed by atoms with Crippen molar-refractivity contribution in [3.8, 4) is 0 Å². The summed E-state index contributed by atoms with van der Waals surface area (Å²) in [7, 11) is -4.05. The molecule has 282 valence electrons. The number of carbonyl (C=O) groups excluding carboxylic acids is 2. The number of nitroso groups, excluding NO2 is 1. The summed E-state index contributed by atoms with van der Waals surface area (Å²) < 4.78 is 29.6. The Kier molecular flexibility index (Phi) is 13.6. The summed E-state index contributed by atoms with van der Waals surface area (Å²) in [5, 5.41) is 20.9. The first-order valence-corrected chi connectivity index (χ1v) is 20.6. The minimum Gasteiger partial charge on any atom is -0.390 e. The van der Waals surface area contributed by atoms with Gasteiger partial charge in [0.25, 0.3) is 0 Å². The molecular weight excluding hydrogens is 701 g/mol. The number of nitrogens with one attached hydrogen (secondary N) is 1. The molecule has 1 aromatic heterocycles. The third kappa shape index (κ3) is 9.82. The van der Waals surface area contributed by atoms with Crippen LogP contribution in [0, 0.1) is 16.7 Å². The second-order valence-corrected chi connectivity index (χ2v) is 17.5. The van der Waals surface area contributed by atoms with Crippen molar-refractivity contribution < 1.29 is 23.1 Å². The van der Waals surface area contributed by atoms with Crippen LogP contribution in [-0.2, 0) is 34.3 Å². The van der Waals surface area contributed by atoms with Gasteiger partial charge >= 0.3 is 6.03 Å². The average Bonchev–Trinajstić information content (AvgIpc) is 3.88. The number of carbonyl (C=O) groups is 2. The van der Waals surface area contributed by atoms with Crippen molar-refractivity contribution >= 4 is 33.3 Å². The van der Waals surface area contributed by atoms with Gasteiger partial charge in [0.2, 0.25) is 15.9 Å². The maximum atomic E-state index is 14.2. The highest BCUT2D eigenvalue weighted by molar-refractivity contribution is 7.89. The van der Waals surface area contributed by atoms with Gasteiger partial charge in [-0.2, -0.15) is 9.21 Å². The molecule has 2 aromatic carbocycles. The zero-order valence-electron chi connectivity index (χ0n) is 30.6. The minimum absolute atomic E-state index is 0.0605. The lowest BCUT2D eigenvalue weighted by Gasteiger charge is -2.34. The standard InChI is InChI=1S/C38H52N6O6S2/c1-26(2)35(44-19-18-42(38(44)47)23-31-25-51-37(40-31)27(3)4)36(46)41-33(20-28-10-6-5-7-11-28)34(45)24-43(22-30-12-8-9-13-30)52(49,50)32-16-14-29(15-17-32)21-39-48/h5-7,10-11,14-17,25-27,30,33-35,45H,8-9,12-13,18-24H2,1-4H3,(H,41,46)/t33-,34+,35-/m0/s1. The molecule has 1 saturated carbocycles. The molecule has 1 aliphatic heterocycles. The molecule has 3 atom stereocenters. The Labute approximate surface area is 311 Å². The number of aliphatic hydroxyl groups is 1. The molecule has 2 heterocycles. The molecule has 52 heavy (non-hydrogen) atoms. The molecule has 1 aliphatic carbocycles. The zero-order chi connectivity index (χ0) is 37.4. The minimum atomic E-state index is -4.05. The van der Waals surface area contributed by atoms with Crippen LogP contribution in [0.2, 0.25) is 0 Å². The van der Waals surface area contributed by atoms with E-state index in [9.17, 15) is 28.0 Å². The Hall–Kier alpha value is -3.72. The molecule has 0 unspecified atom stereocenters. The summed E-state index contributed by atoms with van der Waals surface area (Å²) in [5.41, 5.74) is 2.29.